The number of benzene rings is 1. The van der Waals surface area contributed by atoms with Crippen LogP contribution in [0.3, 0.4) is 0 Å². The zero-order valence-corrected chi connectivity index (χ0v) is 11.8. The van der Waals surface area contributed by atoms with Crippen molar-refractivity contribution in [1.82, 2.24) is 20.6 Å². The van der Waals surface area contributed by atoms with Crippen molar-refractivity contribution < 1.29 is 14.4 Å². The predicted molar refractivity (Wildman–Crippen MR) is 75.7 cm³/mol. The molecule has 116 valence electrons. The summed E-state index contributed by atoms with van der Waals surface area (Å²) >= 11 is 0. The number of aromatic amines is 1. The Morgan fingerprint density at radius 3 is 2.95 bits per heavy atom. The van der Waals surface area contributed by atoms with E-state index in [1.54, 1.807) is 6.07 Å². The molecule has 1 aliphatic rings. The maximum Gasteiger partial charge on any atom is 0.333 e. The fourth-order valence-electron chi connectivity index (χ4n) is 2.17. The zero-order chi connectivity index (χ0) is 15.5. The second-order valence-corrected chi connectivity index (χ2v) is 4.74. The number of nitrogens with zero attached hydrogens (tertiary/aromatic N) is 4. The first-order valence-corrected chi connectivity index (χ1v) is 6.65. The molecule has 2 aromatic rings. The standard InChI is InChI=1S/C12H14N6O4/c1-21-10-5-7(12-14-16-17-15-12)4-9(11(10)18(19)20)13-6-8-2-3-22-8/h4-5,8,13H,2-3,6H2,1H3,(H,14,15,16,17)/t8-/m0/s1. The third kappa shape index (κ3) is 2.68. The lowest BCUT2D eigenvalue weighted by atomic mass is 10.1. The topological polar surface area (TPSA) is 128 Å². The smallest absolute Gasteiger partial charge is 0.333 e. The molecule has 22 heavy (non-hydrogen) atoms. The molecule has 3 rings (SSSR count). The van der Waals surface area contributed by atoms with Gasteiger partial charge >= 0.3 is 5.69 Å². The van der Waals surface area contributed by atoms with Gasteiger partial charge in [0.1, 0.15) is 5.69 Å². The van der Waals surface area contributed by atoms with Gasteiger partial charge in [0.25, 0.3) is 0 Å². The van der Waals surface area contributed by atoms with Crippen LogP contribution in [0.15, 0.2) is 12.1 Å². The molecule has 0 aliphatic carbocycles. The SMILES string of the molecule is COc1cc(-c2nnn[nH]2)cc(NC[C@@H]2CCO2)c1[N+](=O)[O-]. The molecule has 10 nitrogen and oxygen atoms in total. The largest absolute Gasteiger partial charge is 0.490 e. The average molecular weight is 306 g/mol. The Balaban J connectivity index is 1.98. The zero-order valence-electron chi connectivity index (χ0n) is 11.8. The van der Waals surface area contributed by atoms with Gasteiger partial charge in [-0.05, 0) is 29.0 Å². The van der Waals surface area contributed by atoms with Gasteiger partial charge in [0.2, 0.25) is 0 Å². The van der Waals surface area contributed by atoms with Crippen molar-refractivity contribution in [3.05, 3.63) is 22.2 Å². The molecule has 0 saturated carbocycles. The van der Waals surface area contributed by atoms with E-state index in [0.29, 0.717) is 23.6 Å². The van der Waals surface area contributed by atoms with E-state index in [4.69, 9.17) is 9.47 Å². The van der Waals surface area contributed by atoms with E-state index in [1.807, 2.05) is 0 Å². The molecular formula is C12H14N6O4. The Kier molecular flexibility index (Phi) is 3.83. The first-order valence-electron chi connectivity index (χ1n) is 6.65. The maximum absolute atomic E-state index is 11.3. The van der Waals surface area contributed by atoms with Crippen LogP contribution in [0.5, 0.6) is 5.75 Å². The van der Waals surface area contributed by atoms with Crippen LogP contribution in [-0.4, -0.2) is 51.9 Å². The molecule has 1 fully saturated rings. The van der Waals surface area contributed by atoms with Crippen molar-refractivity contribution in [2.45, 2.75) is 12.5 Å². The van der Waals surface area contributed by atoms with E-state index < -0.39 is 4.92 Å². The number of anilines is 1. The summed E-state index contributed by atoms with van der Waals surface area (Å²) in [6.07, 6.45) is 1.00. The Morgan fingerprint density at radius 2 is 2.41 bits per heavy atom. The first kappa shape index (κ1) is 14.2. The lowest BCUT2D eigenvalue weighted by molar-refractivity contribution is -0.384. The van der Waals surface area contributed by atoms with Gasteiger partial charge in [0.05, 0.1) is 18.1 Å². The number of methoxy groups -OCH3 is 1. The number of aromatic nitrogens is 4. The number of ether oxygens (including phenoxy) is 2. The molecule has 1 atom stereocenters. The molecule has 1 saturated heterocycles. The lowest BCUT2D eigenvalue weighted by Gasteiger charge is -2.26. The third-order valence-corrected chi connectivity index (χ3v) is 3.41. The van der Waals surface area contributed by atoms with Crippen molar-refractivity contribution in [2.24, 2.45) is 0 Å². The summed E-state index contributed by atoms with van der Waals surface area (Å²) in [5, 5.41) is 27.8. The van der Waals surface area contributed by atoms with Crippen molar-refractivity contribution in [3.8, 4) is 17.1 Å². The monoisotopic (exact) mass is 306 g/mol. The number of nitro benzene ring substituents is 1. The Bertz CT molecular complexity index is 671. The minimum atomic E-state index is -0.481. The van der Waals surface area contributed by atoms with Crippen molar-refractivity contribution in [1.29, 1.82) is 0 Å². The number of nitro groups is 1. The van der Waals surface area contributed by atoms with Crippen LogP contribution in [0.1, 0.15) is 6.42 Å². The molecule has 1 aromatic carbocycles. The molecule has 1 aliphatic heterocycles. The average Bonchev–Trinajstić information content (AvgIpc) is 2.98. The predicted octanol–water partition coefficient (Wildman–Crippen LogP) is 0.984. The Labute approximate surface area is 125 Å². The van der Waals surface area contributed by atoms with Gasteiger partial charge in [-0.2, -0.15) is 0 Å². The van der Waals surface area contributed by atoms with Crippen molar-refractivity contribution >= 4 is 11.4 Å². The third-order valence-electron chi connectivity index (χ3n) is 3.41. The second-order valence-electron chi connectivity index (χ2n) is 4.74. The van der Waals surface area contributed by atoms with Gasteiger partial charge in [-0.1, -0.05) is 0 Å². The second kappa shape index (κ2) is 5.93. The molecule has 0 radical (unpaired) electrons. The summed E-state index contributed by atoms with van der Waals surface area (Å²) in [5.74, 6) is 0.534. The molecular weight excluding hydrogens is 292 g/mol. The van der Waals surface area contributed by atoms with Gasteiger partial charge in [0.15, 0.2) is 11.6 Å². The van der Waals surface area contributed by atoms with Gasteiger partial charge in [0, 0.05) is 18.7 Å². The summed E-state index contributed by atoms with van der Waals surface area (Å²) in [6, 6.07) is 3.13. The van der Waals surface area contributed by atoms with Crippen LogP contribution in [0.2, 0.25) is 0 Å². The number of nitrogens with one attached hydrogen (secondary N) is 2. The molecule has 0 unspecified atom stereocenters. The molecule has 1 aromatic heterocycles. The van der Waals surface area contributed by atoms with Crippen LogP contribution in [0.4, 0.5) is 11.4 Å². The summed E-state index contributed by atoms with van der Waals surface area (Å²) < 4.78 is 10.4. The van der Waals surface area contributed by atoms with Gasteiger partial charge in [-0.15, -0.1) is 5.10 Å². The Hall–Kier alpha value is -2.75. The lowest BCUT2D eigenvalue weighted by Crippen LogP contribution is -2.33. The molecule has 0 spiro atoms. The maximum atomic E-state index is 11.3. The number of hydrogen-bond acceptors (Lipinski definition) is 8. The highest BCUT2D eigenvalue weighted by atomic mass is 16.6. The quantitative estimate of drug-likeness (QED) is 0.597. The summed E-state index contributed by atoms with van der Waals surface area (Å²) in [6.45, 7) is 1.21. The fourth-order valence-corrected chi connectivity index (χ4v) is 2.17. The van der Waals surface area contributed by atoms with Crippen LogP contribution in [-0.2, 0) is 4.74 Å². The number of H-pyrrole nitrogens is 1. The normalized spacial score (nSPS) is 16.9. The van der Waals surface area contributed by atoms with E-state index >= 15 is 0 Å². The van der Waals surface area contributed by atoms with Crippen molar-refractivity contribution in [3.63, 3.8) is 0 Å². The van der Waals surface area contributed by atoms with E-state index in [1.165, 1.54) is 13.2 Å². The first-order chi connectivity index (χ1) is 10.7. The van der Waals surface area contributed by atoms with Gasteiger partial charge < -0.3 is 14.8 Å². The molecule has 2 N–H and O–H groups in total. The van der Waals surface area contributed by atoms with E-state index in [2.05, 4.69) is 25.9 Å². The highest BCUT2D eigenvalue weighted by Gasteiger charge is 2.25. The van der Waals surface area contributed by atoms with E-state index in [-0.39, 0.29) is 17.5 Å². The van der Waals surface area contributed by atoms with Crippen LogP contribution < -0.4 is 10.1 Å². The molecule has 0 bridgehead atoms. The summed E-state index contributed by atoms with van der Waals surface area (Å²) in [4.78, 5) is 10.9. The number of hydrogen-bond donors (Lipinski definition) is 2. The minimum Gasteiger partial charge on any atom is -0.490 e. The Morgan fingerprint density at radius 1 is 1.59 bits per heavy atom. The van der Waals surface area contributed by atoms with Crippen molar-refractivity contribution in [2.75, 3.05) is 25.6 Å². The van der Waals surface area contributed by atoms with Crippen LogP contribution in [0, 0.1) is 10.1 Å². The van der Waals surface area contributed by atoms with Gasteiger partial charge in [-0.3, -0.25) is 10.1 Å². The van der Waals surface area contributed by atoms with Crippen LogP contribution >= 0.6 is 0 Å². The van der Waals surface area contributed by atoms with E-state index in [9.17, 15) is 10.1 Å². The molecule has 0 amide bonds. The highest BCUT2D eigenvalue weighted by Crippen LogP contribution is 2.38. The fraction of sp³-hybridized carbons (Fsp3) is 0.417. The summed E-state index contributed by atoms with van der Waals surface area (Å²) in [7, 11) is 1.38. The van der Waals surface area contributed by atoms with E-state index in [0.717, 1.165) is 13.0 Å². The molecule has 2 heterocycles. The molecule has 10 heteroatoms. The van der Waals surface area contributed by atoms with Crippen LogP contribution in [0.25, 0.3) is 11.4 Å². The minimum absolute atomic E-state index is 0.0706. The highest BCUT2D eigenvalue weighted by molar-refractivity contribution is 5.76. The number of tetrazole rings is 1. The summed E-state index contributed by atoms with van der Waals surface area (Å²) in [5.41, 5.74) is 0.800. The van der Waals surface area contributed by atoms with Gasteiger partial charge in [-0.25, -0.2) is 5.10 Å². The number of rotatable bonds is 6.